The Bertz CT molecular complexity index is 131. The molecule has 0 aliphatic carbocycles. The summed E-state index contributed by atoms with van der Waals surface area (Å²) in [5.74, 6) is 0.461. The fourth-order valence-electron chi connectivity index (χ4n) is 0.742. The Morgan fingerprint density at radius 3 is 2.25 bits per heavy atom. The third-order valence-electron chi connectivity index (χ3n) is 1.37. The quantitative estimate of drug-likeness (QED) is 0.504. The van der Waals surface area contributed by atoms with Gasteiger partial charge in [0.05, 0.1) is 6.54 Å². The first-order valence-corrected chi connectivity index (χ1v) is 4.38. The molecule has 0 aromatic carbocycles. The van der Waals surface area contributed by atoms with E-state index < -0.39 is 0 Å². The molecule has 0 bridgehead atoms. The smallest absolute Gasteiger partial charge is 0.135 e. The van der Waals surface area contributed by atoms with Crippen LogP contribution < -0.4 is 5.43 Å². The van der Waals surface area contributed by atoms with E-state index in [1.54, 1.807) is 0 Å². The zero-order valence-corrected chi connectivity index (χ0v) is 8.70. The molecule has 0 fully saturated rings. The molecule has 1 atom stereocenters. The van der Waals surface area contributed by atoms with Gasteiger partial charge in [-0.25, -0.2) is 10.4 Å². The maximum absolute atomic E-state index is 4.15. The van der Waals surface area contributed by atoms with Crippen LogP contribution in [0, 0.1) is 5.92 Å². The van der Waals surface area contributed by atoms with Gasteiger partial charge in [0.2, 0.25) is 0 Å². The minimum atomic E-state index is 0.0972. The van der Waals surface area contributed by atoms with E-state index in [9.17, 15) is 0 Å². The summed E-state index contributed by atoms with van der Waals surface area (Å²) >= 11 is 0. The predicted molar refractivity (Wildman–Crippen MR) is 50.8 cm³/mol. The van der Waals surface area contributed by atoms with Gasteiger partial charge < -0.3 is 0 Å². The molecule has 0 saturated heterocycles. The summed E-state index contributed by atoms with van der Waals surface area (Å²) in [4.78, 5) is 0. The first-order valence-electron chi connectivity index (χ1n) is 4.38. The number of hydrogen-bond acceptors (Lipinski definition) is 4. The zero-order valence-electron chi connectivity index (χ0n) is 8.70. The van der Waals surface area contributed by atoms with Crippen molar-refractivity contribution in [2.24, 2.45) is 16.1 Å². The summed E-state index contributed by atoms with van der Waals surface area (Å²) in [5.41, 5.74) is 3.19. The van der Waals surface area contributed by atoms with Crippen molar-refractivity contribution in [2.75, 3.05) is 20.6 Å². The van der Waals surface area contributed by atoms with Crippen molar-refractivity contribution in [1.29, 1.82) is 0 Å². The highest BCUT2D eigenvalue weighted by Gasteiger charge is 2.11. The van der Waals surface area contributed by atoms with Crippen LogP contribution in [0.25, 0.3) is 0 Å². The molecule has 0 saturated carbocycles. The van der Waals surface area contributed by atoms with Crippen LogP contribution in [0.5, 0.6) is 0 Å². The topological polar surface area (TPSA) is 40.0 Å². The molecule has 0 aliphatic rings. The lowest BCUT2D eigenvalue weighted by Crippen LogP contribution is -2.41. The maximum Gasteiger partial charge on any atom is 0.135 e. The van der Waals surface area contributed by atoms with Crippen molar-refractivity contribution < 1.29 is 0 Å². The minimum Gasteiger partial charge on any atom is -0.249 e. The maximum atomic E-state index is 4.15. The van der Waals surface area contributed by atoms with Crippen LogP contribution in [0.2, 0.25) is 0 Å². The Morgan fingerprint density at radius 2 is 1.92 bits per heavy atom. The third kappa shape index (κ3) is 5.21. The average Bonchev–Trinajstić information content (AvgIpc) is 1.96. The van der Waals surface area contributed by atoms with Crippen LogP contribution in [0.15, 0.2) is 10.2 Å². The van der Waals surface area contributed by atoms with Crippen molar-refractivity contribution in [3.05, 3.63) is 0 Å². The van der Waals surface area contributed by atoms with Gasteiger partial charge in [0.25, 0.3) is 0 Å². The van der Waals surface area contributed by atoms with E-state index in [2.05, 4.69) is 29.5 Å². The average molecular weight is 172 g/mol. The largest absolute Gasteiger partial charge is 0.249 e. The van der Waals surface area contributed by atoms with Crippen LogP contribution in [0.1, 0.15) is 20.8 Å². The van der Waals surface area contributed by atoms with Crippen LogP contribution in [0.4, 0.5) is 0 Å². The second-order valence-electron chi connectivity index (χ2n) is 3.29. The Hall–Kier alpha value is -0.480. The molecule has 0 rings (SSSR count). The van der Waals surface area contributed by atoms with E-state index >= 15 is 0 Å². The van der Waals surface area contributed by atoms with E-state index in [4.69, 9.17) is 0 Å². The molecule has 1 N–H and O–H groups in total. The normalized spacial score (nSPS) is 14.9. The number of rotatable bonds is 5. The Balaban J connectivity index is 3.95. The zero-order chi connectivity index (χ0) is 9.56. The monoisotopic (exact) mass is 172 g/mol. The Labute approximate surface area is 75.0 Å². The summed E-state index contributed by atoms with van der Waals surface area (Å²) in [5, 5.41) is 10.0. The van der Waals surface area contributed by atoms with Gasteiger partial charge in [-0.3, -0.25) is 0 Å². The van der Waals surface area contributed by atoms with Crippen molar-refractivity contribution in [1.82, 2.24) is 10.4 Å². The lowest BCUT2D eigenvalue weighted by Gasteiger charge is -2.21. The number of nitrogens with one attached hydrogen (secondary N) is 1. The van der Waals surface area contributed by atoms with Gasteiger partial charge in [-0.2, -0.15) is 10.2 Å². The van der Waals surface area contributed by atoms with Gasteiger partial charge in [-0.1, -0.05) is 13.8 Å². The molecule has 0 radical (unpaired) electrons. The molecule has 0 spiro atoms. The fraction of sp³-hybridized carbons (Fsp3) is 1.00. The molecular formula is C8H20N4. The first kappa shape index (κ1) is 11.5. The molecule has 0 aromatic heterocycles. The lowest BCUT2D eigenvalue weighted by atomic mass is 10.2. The molecular weight excluding hydrogens is 152 g/mol. The fourth-order valence-corrected chi connectivity index (χ4v) is 0.742. The molecule has 0 unspecified atom stereocenters. The summed E-state index contributed by atoms with van der Waals surface area (Å²) in [6.07, 6.45) is 0.0972. The Morgan fingerprint density at radius 1 is 1.33 bits per heavy atom. The molecule has 0 heterocycles. The second kappa shape index (κ2) is 6.08. The molecule has 0 aromatic rings. The van der Waals surface area contributed by atoms with Crippen LogP contribution in [-0.4, -0.2) is 31.8 Å². The van der Waals surface area contributed by atoms with Gasteiger partial charge in [0, 0.05) is 14.1 Å². The van der Waals surface area contributed by atoms with Crippen LogP contribution in [0.3, 0.4) is 0 Å². The van der Waals surface area contributed by atoms with E-state index in [0.717, 1.165) is 6.54 Å². The highest BCUT2D eigenvalue weighted by atomic mass is 15.5. The molecule has 0 aliphatic heterocycles. The lowest BCUT2D eigenvalue weighted by molar-refractivity contribution is 0.207. The number of azo groups is 1. The third-order valence-corrected chi connectivity index (χ3v) is 1.37. The van der Waals surface area contributed by atoms with Gasteiger partial charge in [0.1, 0.15) is 6.17 Å². The Kier molecular flexibility index (Phi) is 5.84. The minimum absolute atomic E-state index is 0.0972. The summed E-state index contributed by atoms with van der Waals surface area (Å²) in [7, 11) is 3.91. The SMILES string of the molecule is CCN=N[C@H](NN(C)C)C(C)C. The van der Waals surface area contributed by atoms with Gasteiger partial charge in [0.15, 0.2) is 0 Å². The number of nitrogens with zero attached hydrogens (tertiary/aromatic N) is 3. The molecule has 4 heteroatoms. The van der Waals surface area contributed by atoms with E-state index in [1.165, 1.54) is 0 Å². The summed E-state index contributed by atoms with van der Waals surface area (Å²) in [6, 6.07) is 0. The van der Waals surface area contributed by atoms with Gasteiger partial charge >= 0.3 is 0 Å². The van der Waals surface area contributed by atoms with Crippen molar-refractivity contribution in [3.63, 3.8) is 0 Å². The summed E-state index contributed by atoms with van der Waals surface area (Å²) in [6.45, 7) is 6.97. The molecule has 0 amide bonds. The predicted octanol–water partition coefficient (Wildman–Crippen LogP) is 1.51. The molecule has 4 nitrogen and oxygen atoms in total. The van der Waals surface area contributed by atoms with Crippen molar-refractivity contribution in [3.8, 4) is 0 Å². The van der Waals surface area contributed by atoms with E-state index in [1.807, 2.05) is 26.0 Å². The highest BCUT2D eigenvalue weighted by Crippen LogP contribution is 2.03. The van der Waals surface area contributed by atoms with E-state index in [0.29, 0.717) is 5.92 Å². The van der Waals surface area contributed by atoms with Gasteiger partial charge in [-0.05, 0) is 12.8 Å². The number of hydrazine groups is 1. The van der Waals surface area contributed by atoms with Crippen LogP contribution in [-0.2, 0) is 0 Å². The van der Waals surface area contributed by atoms with Crippen molar-refractivity contribution in [2.45, 2.75) is 26.9 Å². The molecule has 72 valence electrons. The highest BCUT2D eigenvalue weighted by molar-refractivity contribution is 4.62. The first-order chi connectivity index (χ1) is 5.57. The van der Waals surface area contributed by atoms with Gasteiger partial charge in [-0.15, -0.1) is 0 Å². The standard InChI is InChI=1S/C8H20N4/c1-6-9-10-8(7(2)3)11-12(4)5/h7-8,11H,6H2,1-5H3/t8-/m1/s1. The van der Waals surface area contributed by atoms with Crippen molar-refractivity contribution >= 4 is 0 Å². The molecule has 12 heavy (non-hydrogen) atoms. The number of hydrogen-bond donors (Lipinski definition) is 1. The van der Waals surface area contributed by atoms with Crippen LogP contribution >= 0.6 is 0 Å². The van der Waals surface area contributed by atoms with E-state index in [-0.39, 0.29) is 6.17 Å². The summed E-state index contributed by atoms with van der Waals surface area (Å²) < 4.78 is 0. The second-order valence-corrected chi connectivity index (χ2v) is 3.29.